The van der Waals surface area contributed by atoms with Gasteiger partial charge in [-0.15, -0.1) is 5.10 Å². The number of hydrazone groups is 1. The summed E-state index contributed by atoms with van der Waals surface area (Å²) in [6.07, 6.45) is 5.90. The first-order valence-corrected chi connectivity index (χ1v) is 6.34. The van der Waals surface area contributed by atoms with Crippen LogP contribution in [0.3, 0.4) is 0 Å². The molecule has 0 spiro atoms. The average molecular weight is 242 g/mol. The molecule has 0 aliphatic heterocycles. The standard InChI is InChI=1S/C14H18N4/c1-3-11(4-2)9-15-17-14-13-8-6-5-7-12(13)10-16-18-14/h5-11H,3-4H2,1-2H3,(H,17,18)/b15-9-. The fourth-order valence-electron chi connectivity index (χ4n) is 1.81. The molecule has 0 aliphatic rings. The fourth-order valence-corrected chi connectivity index (χ4v) is 1.81. The van der Waals surface area contributed by atoms with Crippen LogP contribution in [0.5, 0.6) is 0 Å². The molecule has 0 aliphatic carbocycles. The fraction of sp³-hybridized carbons (Fsp3) is 0.357. The Morgan fingerprint density at radius 2 is 2.06 bits per heavy atom. The summed E-state index contributed by atoms with van der Waals surface area (Å²) in [5, 5.41) is 14.4. The summed E-state index contributed by atoms with van der Waals surface area (Å²) in [5.74, 6) is 1.22. The van der Waals surface area contributed by atoms with Crippen LogP contribution in [0.1, 0.15) is 26.7 Å². The van der Waals surface area contributed by atoms with Crippen LogP contribution in [0, 0.1) is 5.92 Å². The third-order valence-electron chi connectivity index (χ3n) is 3.08. The predicted molar refractivity (Wildman–Crippen MR) is 75.7 cm³/mol. The van der Waals surface area contributed by atoms with Crippen LogP contribution < -0.4 is 5.43 Å². The van der Waals surface area contributed by atoms with Gasteiger partial charge < -0.3 is 0 Å². The molecule has 1 aromatic carbocycles. The van der Waals surface area contributed by atoms with E-state index in [-0.39, 0.29) is 0 Å². The Bertz CT molecular complexity index is 527. The van der Waals surface area contributed by atoms with E-state index in [1.54, 1.807) is 6.20 Å². The molecule has 1 heterocycles. The normalized spacial score (nSPS) is 11.5. The summed E-state index contributed by atoms with van der Waals surface area (Å²) in [7, 11) is 0. The van der Waals surface area contributed by atoms with Crippen molar-refractivity contribution in [1.82, 2.24) is 10.2 Å². The zero-order chi connectivity index (χ0) is 12.8. The van der Waals surface area contributed by atoms with E-state index >= 15 is 0 Å². The topological polar surface area (TPSA) is 50.2 Å². The number of hydrogen-bond acceptors (Lipinski definition) is 4. The van der Waals surface area contributed by atoms with Crippen LogP contribution in [0.4, 0.5) is 5.82 Å². The van der Waals surface area contributed by atoms with Crippen molar-refractivity contribution in [3.8, 4) is 0 Å². The predicted octanol–water partition coefficient (Wildman–Crippen LogP) is 3.46. The molecule has 0 saturated heterocycles. The summed E-state index contributed by atoms with van der Waals surface area (Å²) in [6, 6.07) is 8.00. The van der Waals surface area contributed by atoms with Gasteiger partial charge in [0.25, 0.3) is 0 Å². The lowest BCUT2D eigenvalue weighted by Gasteiger charge is -2.06. The molecule has 2 rings (SSSR count). The first kappa shape index (κ1) is 12.5. The van der Waals surface area contributed by atoms with Crippen molar-refractivity contribution >= 4 is 22.8 Å². The molecule has 0 amide bonds. The van der Waals surface area contributed by atoms with Gasteiger partial charge in [0.2, 0.25) is 0 Å². The molecule has 4 nitrogen and oxygen atoms in total. The van der Waals surface area contributed by atoms with Crippen molar-refractivity contribution in [2.75, 3.05) is 5.43 Å². The highest BCUT2D eigenvalue weighted by Gasteiger charge is 2.02. The molecule has 0 bridgehead atoms. The Morgan fingerprint density at radius 3 is 2.83 bits per heavy atom. The number of benzene rings is 1. The van der Waals surface area contributed by atoms with E-state index in [4.69, 9.17) is 0 Å². The molecule has 0 saturated carbocycles. The van der Waals surface area contributed by atoms with Gasteiger partial charge in [0.1, 0.15) is 0 Å². The molecule has 0 atom stereocenters. The van der Waals surface area contributed by atoms with Gasteiger partial charge in [0.05, 0.1) is 6.20 Å². The number of hydrogen-bond donors (Lipinski definition) is 1. The number of nitrogens with one attached hydrogen (secondary N) is 1. The number of nitrogens with zero attached hydrogens (tertiary/aromatic N) is 3. The maximum absolute atomic E-state index is 4.26. The van der Waals surface area contributed by atoms with E-state index in [1.165, 1.54) is 0 Å². The Hall–Kier alpha value is -1.97. The first-order valence-electron chi connectivity index (χ1n) is 6.34. The highest BCUT2D eigenvalue weighted by atomic mass is 15.3. The molecule has 18 heavy (non-hydrogen) atoms. The number of rotatable bonds is 5. The lowest BCUT2D eigenvalue weighted by molar-refractivity contribution is 0.654. The second kappa shape index (κ2) is 6.10. The highest BCUT2D eigenvalue weighted by Crippen LogP contribution is 2.19. The van der Waals surface area contributed by atoms with Crippen LogP contribution in [0.15, 0.2) is 35.6 Å². The summed E-state index contributed by atoms with van der Waals surface area (Å²) in [5.41, 5.74) is 2.98. The van der Waals surface area contributed by atoms with Gasteiger partial charge >= 0.3 is 0 Å². The Morgan fingerprint density at radius 1 is 1.28 bits per heavy atom. The van der Waals surface area contributed by atoms with E-state index in [9.17, 15) is 0 Å². The van der Waals surface area contributed by atoms with Crippen molar-refractivity contribution in [3.05, 3.63) is 30.5 Å². The molecule has 1 N–H and O–H groups in total. The van der Waals surface area contributed by atoms with Gasteiger partial charge in [-0.2, -0.15) is 10.2 Å². The Labute approximate surface area is 107 Å². The molecule has 0 fully saturated rings. The van der Waals surface area contributed by atoms with Gasteiger partial charge in [0.15, 0.2) is 5.82 Å². The third-order valence-corrected chi connectivity index (χ3v) is 3.08. The number of fused-ring (bicyclic) bond motifs is 1. The van der Waals surface area contributed by atoms with E-state index in [0.29, 0.717) is 11.7 Å². The van der Waals surface area contributed by atoms with E-state index < -0.39 is 0 Å². The van der Waals surface area contributed by atoms with E-state index in [0.717, 1.165) is 23.6 Å². The van der Waals surface area contributed by atoms with Gasteiger partial charge in [-0.1, -0.05) is 38.1 Å². The van der Waals surface area contributed by atoms with Crippen molar-refractivity contribution in [3.63, 3.8) is 0 Å². The summed E-state index contributed by atoms with van der Waals surface area (Å²) < 4.78 is 0. The van der Waals surface area contributed by atoms with Crippen LogP contribution in [-0.4, -0.2) is 16.4 Å². The lowest BCUT2D eigenvalue weighted by atomic mass is 10.1. The molecule has 1 aromatic heterocycles. The molecule has 4 heteroatoms. The smallest absolute Gasteiger partial charge is 0.176 e. The monoisotopic (exact) mass is 242 g/mol. The Kier molecular flexibility index (Phi) is 4.23. The van der Waals surface area contributed by atoms with Gasteiger partial charge in [-0.25, -0.2) is 0 Å². The SMILES string of the molecule is CCC(/C=N\Nc1nncc2ccccc12)CC. The maximum Gasteiger partial charge on any atom is 0.176 e. The van der Waals surface area contributed by atoms with Crippen LogP contribution in [0.2, 0.25) is 0 Å². The summed E-state index contributed by atoms with van der Waals surface area (Å²) in [4.78, 5) is 0. The second-order valence-corrected chi connectivity index (χ2v) is 4.25. The maximum atomic E-state index is 4.26. The van der Waals surface area contributed by atoms with E-state index in [2.05, 4.69) is 34.6 Å². The highest BCUT2D eigenvalue weighted by molar-refractivity contribution is 5.90. The molecular weight excluding hydrogens is 224 g/mol. The molecular formula is C14H18N4. The minimum absolute atomic E-state index is 0.514. The van der Waals surface area contributed by atoms with Crippen LogP contribution in [0.25, 0.3) is 10.8 Å². The number of aromatic nitrogens is 2. The minimum atomic E-state index is 0.514. The molecule has 0 unspecified atom stereocenters. The van der Waals surface area contributed by atoms with Gasteiger partial charge in [0, 0.05) is 17.0 Å². The molecule has 2 aromatic rings. The van der Waals surface area contributed by atoms with Crippen molar-refractivity contribution in [1.29, 1.82) is 0 Å². The third kappa shape index (κ3) is 2.83. The zero-order valence-corrected chi connectivity index (χ0v) is 10.8. The van der Waals surface area contributed by atoms with Crippen LogP contribution >= 0.6 is 0 Å². The van der Waals surface area contributed by atoms with E-state index in [1.807, 2.05) is 30.5 Å². The summed E-state index contributed by atoms with van der Waals surface area (Å²) >= 11 is 0. The first-order chi connectivity index (χ1) is 8.85. The Balaban J connectivity index is 2.17. The summed E-state index contributed by atoms with van der Waals surface area (Å²) in [6.45, 7) is 4.33. The molecule has 0 radical (unpaired) electrons. The minimum Gasteiger partial charge on any atom is -0.260 e. The van der Waals surface area contributed by atoms with Gasteiger partial charge in [-0.05, 0) is 18.8 Å². The van der Waals surface area contributed by atoms with Crippen molar-refractivity contribution < 1.29 is 0 Å². The van der Waals surface area contributed by atoms with Crippen LogP contribution in [-0.2, 0) is 0 Å². The quantitative estimate of drug-likeness (QED) is 0.645. The molecule has 94 valence electrons. The average Bonchev–Trinajstić information content (AvgIpc) is 2.44. The van der Waals surface area contributed by atoms with Gasteiger partial charge in [-0.3, -0.25) is 5.43 Å². The van der Waals surface area contributed by atoms with Crippen molar-refractivity contribution in [2.24, 2.45) is 11.0 Å². The largest absolute Gasteiger partial charge is 0.260 e. The zero-order valence-electron chi connectivity index (χ0n) is 10.8. The van der Waals surface area contributed by atoms with Crippen molar-refractivity contribution in [2.45, 2.75) is 26.7 Å². The lowest BCUT2D eigenvalue weighted by Crippen LogP contribution is -2.02. The second-order valence-electron chi connectivity index (χ2n) is 4.25. The number of anilines is 1.